The van der Waals surface area contributed by atoms with Gasteiger partial charge in [-0.2, -0.15) is 18.4 Å². The molecule has 158 valence electrons. The van der Waals surface area contributed by atoms with Gasteiger partial charge in [-0.05, 0) is 38.5 Å². The number of rotatable bonds is 4. The molecule has 0 unspecified atom stereocenters. The van der Waals surface area contributed by atoms with Gasteiger partial charge in [-0.1, -0.05) is 12.1 Å². The molecule has 0 saturated carbocycles. The van der Waals surface area contributed by atoms with Crippen molar-refractivity contribution in [2.45, 2.75) is 44.6 Å². The van der Waals surface area contributed by atoms with Crippen molar-refractivity contribution in [3.63, 3.8) is 0 Å². The second kappa shape index (κ2) is 8.11. The van der Waals surface area contributed by atoms with E-state index in [-0.39, 0.29) is 19.6 Å². The lowest BCUT2D eigenvalue weighted by atomic mass is 9.88. The molecule has 1 saturated heterocycles. The monoisotopic (exact) mass is 431 g/mol. The van der Waals surface area contributed by atoms with Crippen LogP contribution in [0.3, 0.4) is 0 Å². The molecule has 0 aliphatic carbocycles. The maximum Gasteiger partial charge on any atom is 0.416 e. The molecule has 0 bridgehead atoms. The van der Waals surface area contributed by atoms with Crippen molar-refractivity contribution in [1.29, 1.82) is 5.26 Å². The van der Waals surface area contributed by atoms with Gasteiger partial charge >= 0.3 is 12.3 Å². The summed E-state index contributed by atoms with van der Waals surface area (Å²) < 4.78 is 43.5. The van der Waals surface area contributed by atoms with Crippen LogP contribution in [0, 0.1) is 11.3 Å². The highest BCUT2D eigenvalue weighted by atomic mass is 35.5. The van der Waals surface area contributed by atoms with Gasteiger partial charge in [0, 0.05) is 6.54 Å². The molecule has 29 heavy (non-hydrogen) atoms. The van der Waals surface area contributed by atoms with Crippen LogP contribution in [0.1, 0.15) is 31.9 Å². The number of hydrogen-bond donors (Lipinski definition) is 0. The van der Waals surface area contributed by atoms with Crippen LogP contribution < -0.4 is 0 Å². The largest absolute Gasteiger partial charge is 0.444 e. The van der Waals surface area contributed by atoms with Crippen molar-refractivity contribution >= 4 is 23.6 Å². The van der Waals surface area contributed by atoms with Crippen molar-refractivity contribution in [3.05, 3.63) is 35.4 Å². The molecular formula is C19H21ClF3N3O3. The second-order valence-corrected chi connectivity index (χ2v) is 8.06. The minimum absolute atomic E-state index is 0.0817. The minimum atomic E-state index is -4.47. The standard InChI is InChI=1S/C19H21ClF3N3O3/c1-17(2,3)29-16(28)25-11-18(10-24,12-25)26(15(27)8-20)9-13-4-6-14(7-5-13)19(21,22)23/h4-7H,8-9,11-12H2,1-3H3. The average molecular weight is 432 g/mol. The van der Waals surface area contributed by atoms with Crippen LogP contribution in [0.2, 0.25) is 0 Å². The first-order valence-electron chi connectivity index (χ1n) is 8.73. The number of halogens is 4. The molecule has 0 atom stereocenters. The Morgan fingerprint density at radius 1 is 1.24 bits per heavy atom. The van der Waals surface area contributed by atoms with Crippen LogP contribution in [-0.2, 0) is 22.3 Å². The maximum absolute atomic E-state index is 12.7. The third kappa shape index (κ3) is 5.32. The van der Waals surface area contributed by atoms with Crippen LogP contribution in [0.4, 0.5) is 18.0 Å². The third-order valence-corrected chi connectivity index (χ3v) is 4.55. The summed E-state index contributed by atoms with van der Waals surface area (Å²) in [6, 6.07) is 6.35. The van der Waals surface area contributed by atoms with Gasteiger partial charge in [0.25, 0.3) is 0 Å². The number of benzene rings is 1. The van der Waals surface area contributed by atoms with Crippen molar-refractivity contribution in [2.24, 2.45) is 0 Å². The van der Waals surface area contributed by atoms with Gasteiger partial charge in [-0.3, -0.25) is 4.79 Å². The molecule has 0 N–H and O–H groups in total. The Morgan fingerprint density at radius 3 is 2.21 bits per heavy atom. The fraction of sp³-hybridized carbons (Fsp3) is 0.526. The number of carbonyl (C=O) groups is 2. The molecule has 1 heterocycles. The highest BCUT2D eigenvalue weighted by Gasteiger charge is 2.52. The lowest BCUT2D eigenvalue weighted by Crippen LogP contribution is -2.71. The Bertz CT molecular complexity index is 807. The van der Waals surface area contributed by atoms with Gasteiger partial charge in [0.1, 0.15) is 11.5 Å². The summed E-state index contributed by atoms with van der Waals surface area (Å²) in [4.78, 5) is 27.0. The smallest absolute Gasteiger partial charge is 0.416 e. The molecule has 1 aliphatic heterocycles. The number of amides is 2. The zero-order valence-electron chi connectivity index (χ0n) is 16.2. The van der Waals surface area contributed by atoms with Crippen LogP contribution in [0.15, 0.2) is 24.3 Å². The number of hydrogen-bond acceptors (Lipinski definition) is 4. The molecule has 2 rings (SSSR count). The molecule has 6 nitrogen and oxygen atoms in total. The van der Waals surface area contributed by atoms with E-state index in [9.17, 15) is 28.0 Å². The molecular weight excluding hydrogens is 411 g/mol. The normalized spacial score (nSPS) is 15.9. The van der Waals surface area contributed by atoms with Crippen molar-refractivity contribution < 1.29 is 27.5 Å². The van der Waals surface area contributed by atoms with E-state index in [0.29, 0.717) is 5.56 Å². The molecule has 1 aliphatic rings. The molecule has 1 fully saturated rings. The van der Waals surface area contributed by atoms with Gasteiger partial charge in [0.2, 0.25) is 5.91 Å². The highest BCUT2D eigenvalue weighted by Crippen LogP contribution is 2.32. The quantitative estimate of drug-likeness (QED) is 0.680. The summed E-state index contributed by atoms with van der Waals surface area (Å²) in [5, 5.41) is 9.70. The topological polar surface area (TPSA) is 73.6 Å². The van der Waals surface area contributed by atoms with E-state index in [1.54, 1.807) is 20.8 Å². The van der Waals surface area contributed by atoms with E-state index in [1.807, 2.05) is 0 Å². The first kappa shape index (κ1) is 22.8. The lowest BCUT2D eigenvalue weighted by molar-refractivity contribution is -0.140. The van der Waals surface area contributed by atoms with Crippen molar-refractivity contribution in [2.75, 3.05) is 19.0 Å². The summed E-state index contributed by atoms with van der Waals surface area (Å²) >= 11 is 5.67. The molecule has 0 aromatic heterocycles. The van der Waals surface area contributed by atoms with Gasteiger partial charge in [-0.25, -0.2) is 4.79 Å². The van der Waals surface area contributed by atoms with E-state index in [1.165, 1.54) is 21.9 Å². The molecule has 0 radical (unpaired) electrons. The van der Waals surface area contributed by atoms with Gasteiger partial charge < -0.3 is 14.5 Å². The summed E-state index contributed by atoms with van der Waals surface area (Å²) in [6.45, 7) is 4.84. The number of carbonyl (C=O) groups excluding carboxylic acids is 2. The van der Waals surface area contributed by atoms with Crippen LogP contribution in [0.5, 0.6) is 0 Å². The van der Waals surface area contributed by atoms with E-state index >= 15 is 0 Å². The van der Waals surface area contributed by atoms with Crippen molar-refractivity contribution in [3.8, 4) is 6.07 Å². The number of nitriles is 1. The predicted octanol–water partition coefficient (Wildman–Crippen LogP) is 3.79. The van der Waals surface area contributed by atoms with Crippen LogP contribution in [0.25, 0.3) is 0 Å². The summed E-state index contributed by atoms with van der Waals surface area (Å²) in [6.07, 6.45) is -5.09. The molecule has 1 aromatic rings. The van der Waals surface area contributed by atoms with Gasteiger partial charge in [0.15, 0.2) is 5.54 Å². The SMILES string of the molecule is CC(C)(C)OC(=O)N1CC(C#N)(N(Cc2ccc(C(F)(F)F)cc2)C(=O)CCl)C1. The fourth-order valence-electron chi connectivity index (χ4n) is 2.87. The first-order valence-corrected chi connectivity index (χ1v) is 9.26. The zero-order valence-corrected chi connectivity index (χ0v) is 17.0. The van der Waals surface area contributed by atoms with E-state index < -0.39 is 40.8 Å². The molecule has 10 heteroatoms. The van der Waals surface area contributed by atoms with Gasteiger partial charge in [0.05, 0.1) is 24.7 Å². The molecule has 0 spiro atoms. The van der Waals surface area contributed by atoms with E-state index in [2.05, 4.69) is 6.07 Å². The number of likely N-dealkylation sites (tertiary alicyclic amines) is 1. The first-order chi connectivity index (χ1) is 13.3. The average Bonchev–Trinajstić information content (AvgIpc) is 2.57. The third-order valence-electron chi connectivity index (χ3n) is 4.32. The summed E-state index contributed by atoms with van der Waals surface area (Å²) in [5.41, 5.74) is -2.45. The number of alkyl halides is 4. The number of nitrogens with zero attached hydrogens (tertiary/aromatic N) is 3. The Hall–Kier alpha value is -2.47. The number of ether oxygens (including phenoxy) is 1. The van der Waals surface area contributed by atoms with Crippen LogP contribution in [-0.4, -0.2) is 51.9 Å². The minimum Gasteiger partial charge on any atom is -0.444 e. The van der Waals surface area contributed by atoms with Crippen molar-refractivity contribution in [1.82, 2.24) is 9.80 Å². The Kier molecular flexibility index (Phi) is 6.38. The summed E-state index contributed by atoms with van der Waals surface area (Å²) in [7, 11) is 0. The van der Waals surface area contributed by atoms with E-state index in [4.69, 9.17) is 16.3 Å². The lowest BCUT2D eigenvalue weighted by Gasteiger charge is -2.51. The maximum atomic E-state index is 12.7. The van der Waals surface area contributed by atoms with E-state index in [0.717, 1.165) is 12.1 Å². The molecule has 2 amide bonds. The Morgan fingerprint density at radius 2 is 1.79 bits per heavy atom. The summed E-state index contributed by atoms with van der Waals surface area (Å²) in [5.74, 6) is -0.965. The van der Waals surface area contributed by atoms with Gasteiger partial charge in [-0.15, -0.1) is 11.6 Å². The molecule has 1 aromatic carbocycles. The fourth-order valence-corrected chi connectivity index (χ4v) is 3.02. The Balaban J connectivity index is 2.18. The second-order valence-electron chi connectivity index (χ2n) is 7.79. The zero-order chi connectivity index (χ0) is 22.0. The highest BCUT2D eigenvalue weighted by molar-refractivity contribution is 6.27. The van der Waals surface area contributed by atoms with Crippen LogP contribution >= 0.6 is 11.6 Å². The predicted molar refractivity (Wildman–Crippen MR) is 98.9 cm³/mol. The Labute approximate surface area is 171 Å².